The van der Waals surface area contributed by atoms with Crippen LogP contribution in [-0.2, 0) is 6.54 Å². The summed E-state index contributed by atoms with van der Waals surface area (Å²) in [6.07, 6.45) is 2.57. The normalized spacial score (nSPS) is 10.1. The molecule has 0 amide bonds. The van der Waals surface area contributed by atoms with Crippen LogP contribution < -0.4 is 5.32 Å². The first-order valence-corrected chi connectivity index (χ1v) is 5.19. The van der Waals surface area contributed by atoms with Crippen LogP contribution >= 0.6 is 0 Å². The molecule has 0 spiro atoms. The summed E-state index contributed by atoms with van der Waals surface area (Å²) < 4.78 is 12.9. The van der Waals surface area contributed by atoms with Gasteiger partial charge in [0.2, 0.25) is 0 Å². The fourth-order valence-electron chi connectivity index (χ4n) is 1.39. The van der Waals surface area contributed by atoms with Crippen LogP contribution in [0.25, 0.3) is 0 Å². The van der Waals surface area contributed by atoms with Gasteiger partial charge in [-0.3, -0.25) is 4.98 Å². The van der Waals surface area contributed by atoms with Crippen molar-refractivity contribution < 1.29 is 14.3 Å². The molecule has 0 fully saturated rings. The zero-order valence-electron chi connectivity index (χ0n) is 9.30. The second kappa shape index (κ2) is 5.22. The first kappa shape index (κ1) is 12.0. The highest BCUT2D eigenvalue weighted by molar-refractivity contribution is 5.85. The Labute approximate surface area is 102 Å². The summed E-state index contributed by atoms with van der Waals surface area (Å²) in [7, 11) is 0. The molecule has 0 aliphatic rings. The number of carboxylic acids is 1. The van der Waals surface area contributed by atoms with E-state index < -0.39 is 5.97 Å². The van der Waals surface area contributed by atoms with Crippen LogP contribution in [0.1, 0.15) is 16.1 Å². The molecule has 0 saturated heterocycles. The van der Waals surface area contributed by atoms with Crippen molar-refractivity contribution >= 4 is 11.8 Å². The third-order valence-electron chi connectivity index (χ3n) is 2.22. The van der Waals surface area contributed by atoms with Gasteiger partial charge in [0.1, 0.15) is 11.6 Å². The third kappa shape index (κ3) is 3.00. The maximum atomic E-state index is 12.9. The van der Waals surface area contributed by atoms with E-state index in [1.165, 1.54) is 18.3 Å². The lowest BCUT2D eigenvalue weighted by Gasteiger charge is -2.05. The van der Waals surface area contributed by atoms with Gasteiger partial charge < -0.3 is 10.4 Å². The van der Waals surface area contributed by atoms with Gasteiger partial charge in [0.25, 0.3) is 0 Å². The van der Waals surface area contributed by atoms with Crippen LogP contribution in [0.3, 0.4) is 0 Å². The Bertz CT molecular complexity index is 575. The standard InChI is InChI=1S/C12H10FN3O2/c13-9-3-1-2-8(4-9)5-15-11-7-14-6-10(16-11)12(17)18/h1-4,6-7H,5H2,(H,15,16)(H,17,18). The maximum Gasteiger partial charge on any atom is 0.356 e. The van der Waals surface area contributed by atoms with Gasteiger partial charge in [-0.15, -0.1) is 0 Å². The second-order valence-corrected chi connectivity index (χ2v) is 3.58. The number of nitrogens with one attached hydrogen (secondary N) is 1. The van der Waals surface area contributed by atoms with E-state index in [4.69, 9.17) is 5.11 Å². The van der Waals surface area contributed by atoms with E-state index in [-0.39, 0.29) is 11.5 Å². The number of aromatic nitrogens is 2. The SMILES string of the molecule is O=C(O)c1cncc(NCc2cccc(F)c2)n1. The molecule has 2 rings (SSSR count). The summed E-state index contributed by atoms with van der Waals surface area (Å²) in [6, 6.07) is 6.10. The van der Waals surface area contributed by atoms with Crippen molar-refractivity contribution in [2.45, 2.75) is 6.54 Å². The largest absolute Gasteiger partial charge is 0.476 e. The Balaban J connectivity index is 2.06. The Kier molecular flexibility index (Phi) is 3.47. The van der Waals surface area contributed by atoms with Crippen molar-refractivity contribution in [2.24, 2.45) is 0 Å². The molecule has 6 heteroatoms. The number of nitrogens with zero attached hydrogens (tertiary/aromatic N) is 2. The van der Waals surface area contributed by atoms with Crippen molar-refractivity contribution in [3.8, 4) is 0 Å². The van der Waals surface area contributed by atoms with Gasteiger partial charge >= 0.3 is 5.97 Å². The Morgan fingerprint density at radius 1 is 1.39 bits per heavy atom. The van der Waals surface area contributed by atoms with E-state index in [9.17, 15) is 9.18 Å². The molecule has 1 aromatic carbocycles. The molecule has 2 aromatic rings. The summed E-state index contributed by atoms with van der Waals surface area (Å²) in [6.45, 7) is 0.343. The number of rotatable bonds is 4. The Hall–Kier alpha value is -2.50. The first-order chi connectivity index (χ1) is 8.65. The van der Waals surface area contributed by atoms with Gasteiger partial charge in [0.15, 0.2) is 5.69 Å². The molecule has 5 nitrogen and oxygen atoms in total. The molecule has 0 bridgehead atoms. The number of carbonyl (C=O) groups is 1. The van der Waals surface area contributed by atoms with Crippen LogP contribution in [-0.4, -0.2) is 21.0 Å². The topological polar surface area (TPSA) is 75.1 Å². The highest BCUT2D eigenvalue weighted by Crippen LogP contribution is 2.07. The van der Waals surface area contributed by atoms with Crippen LogP contribution in [0, 0.1) is 5.82 Å². The number of benzene rings is 1. The van der Waals surface area contributed by atoms with Gasteiger partial charge in [0, 0.05) is 6.54 Å². The Morgan fingerprint density at radius 3 is 2.94 bits per heavy atom. The minimum absolute atomic E-state index is 0.140. The van der Waals surface area contributed by atoms with Crippen LogP contribution in [0.4, 0.5) is 10.2 Å². The number of anilines is 1. The smallest absolute Gasteiger partial charge is 0.356 e. The van der Waals surface area contributed by atoms with Gasteiger partial charge in [-0.1, -0.05) is 12.1 Å². The van der Waals surface area contributed by atoms with Crippen LogP contribution in [0.2, 0.25) is 0 Å². The summed E-state index contributed by atoms with van der Waals surface area (Å²) in [5.41, 5.74) is 0.594. The number of hydrogen-bond donors (Lipinski definition) is 2. The van der Waals surface area contributed by atoms with E-state index in [0.717, 1.165) is 11.8 Å². The fourth-order valence-corrected chi connectivity index (χ4v) is 1.39. The van der Waals surface area contributed by atoms with E-state index in [0.29, 0.717) is 12.4 Å². The molecule has 18 heavy (non-hydrogen) atoms. The lowest BCUT2D eigenvalue weighted by Crippen LogP contribution is -2.06. The first-order valence-electron chi connectivity index (χ1n) is 5.19. The second-order valence-electron chi connectivity index (χ2n) is 3.58. The van der Waals surface area contributed by atoms with Gasteiger partial charge in [0.05, 0.1) is 12.4 Å². The lowest BCUT2D eigenvalue weighted by molar-refractivity contribution is 0.0690. The summed E-state index contributed by atoms with van der Waals surface area (Å²) in [5.74, 6) is -1.13. The molecule has 1 aromatic heterocycles. The van der Waals surface area contributed by atoms with Gasteiger partial charge in [-0.25, -0.2) is 14.2 Å². The molecule has 92 valence electrons. The molecular formula is C12H10FN3O2. The quantitative estimate of drug-likeness (QED) is 0.863. The number of halogens is 1. The van der Waals surface area contributed by atoms with Crippen LogP contribution in [0.15, 0.2) is 36.7 Å². The molecule has 0 unspecified atom stereocenters. The zero-order valence-corrected chi connectivity index (χ0v) is 9.30. The van der Waals surface area contributed by atoms with E-state index >= 15 is 0 Å². The van der Waals surface area contributed by atoms with Gasteiger partial charge in [-0.2, -0.15) is 0 Å². The summed E-state index contributed by atoms with van der Waals surface area (Å²) in [4.78, 5) is 18.3. The molecule has 0 radical (unpaired) electrons. The fraction of sp³-hybridized carbons (Fsp3) is 0.0833. The number of carboxylic acid groups (broad SMARTS) is 1. The average Bonchev–Trinajstić information content (AvgIpc) is 2.37. The minimum Gasteiger partial charge on any atom is -0.476 e. The molecular weight excluding hydrogens is 237 g/mol. The van der Waals surface area contributed by atoms with Crippen molar-refractivity contribution in [3.05, 3.63) is 53.7 Å². The van der Waals surface area contributed by atoms with Gasteiger partial charge in [-0.05, 0) is 17.7 Å². The average molecular weight is 247 g/mol. The molecule has 0 aliphatic carbocycles. The van der Waals surface area contributed by atoms with Crippen molar-refractivity contribution in [3.63, 3.8) is 0 Å². The van der Waals surface area contributed by atoms with Crippen molar-refractivity contribution in [2.75, 3.05) is 5.32 Å². The third-order valence-corrected chi connectivity index (χ3v) is 2.22. The highest BCUT2D eigenvalue weighted by atomic mass is 19.1. The maximum absolute atomic E-state index is 12.9. The monoisotopic (exact) mass is 247 g/mol. The minimum atomic E-state index is -1.14. The summed E-state index contributed by atoms with van der Waals surface area (Å²) >= 11 is 0. The molecule has 0 aliphatic heterocycles. The number of hydrogen-bond acceptors (Lipinski definition) is 4. The number of aromatic carboxylic acids is 1. The molecule has 0 atom stereocenters. The molecule has 1 heterocycles. The predicted molar refractivity (Wildman–Crippen MR) is 62.7 cm³/mol. The van der Waals surface area contributed by atoms with E-state index in [1.807, 2.05) is 0 Å². The van der Waals surface area contributed by atoms with Crippen LogP contribution in [0.5, 0.6) is 0 Å². The highest BCUT2D eigenvalue weighted by Gasteiger charge is 2.05. The van der Waals surface area contributed by atoms with E-state index in [2.05, 4.69) is 15.3 Å². The molecule has 2 N–H and O–H groups in total. The predicted octanol–water partition coefficient (Wildman–Crippen LogP) is 1.93. The molecule has 0 saturated carbocycles. The van der Waals surface area contributed by atoms with Crippen molar-refractivity contribution in [1.29, 1.82) is 0 Å². The van der Waals surface area contributed by atoms with Crippen molar-refractivity contribution in [1.82, 2.24) is 9.97 Å². The lowest BCUT2D eigenvalue weighted by atomic mass is 10.2. The zero-order chi connectivity index (χ0) is 13.0. The Morgan fingerprint density at radius 2 is 2.22 bits per heavy atom. The summed E-state index contributed by atoms with van der Waals surface area (Å²) in [5, 5.41) is 11.6. The van der Waals surface area contributed by atoms with E-state index in [1.54, 1.807) is 12.1 Å².